The molecular weight excluding hydrogens is 354 g/mol. The van der Waals surface area contributed by atoms with Crippen molar-refractivity contribution >= 4 is 23.7 Å². The van der Waals surface area contributed by atoms with Crippen LogP contribution in [0.25, 0.3) is 6.08 Å². The van der Waals surface area contributed by atoms with Crippen LogP contribution < -0.4 is 4.90 Å². The topological polar surface area (TPSA) is 54.4 Å². The summed E-state index contributed by atoms with van der Waals surface area (Å²) in [5, 5.41) is 0. The van der Waals surface area contributed by atoms with Gasteiger partial charge in [0.05, 0.1) is 19.3 Å². The zero-order chi connectivity index (χ0) is 19.3. The van der Waals surface area contributed by atoms with Crippen molar-refractivity contribution in [2.45, 2.75) is 45.1 Å². The normalized spacial score (nSPS) is 24.2. The van der Waals surface area contributed by atoms with E-state index in [1.807, 2.05) is 25.1 Å². The Balaban J connectivity index is 1.49. The second-order valence-corrected chi connectivity index (χ2v) is 7.55. The highest BCUT2D eigenvalue weighted by molar-refractivity contribution is 6.11. The predicted molar refractivity (Wildman–Crippen MR) is 110 cm³/mol. The number of aliphatic imine (C=N–C) groups is 1. The fraction of sp³-hybridized carbons (Fsp3) is 0.545. The monoisotopic (exact) mass is 383 g/mol. The maximum atomic E-state index is 12.7. The van der Waals surface area contributed by atoms with Crippen LogP contribution >= 0.6 is 0 Å². The number of anilines is 1. The lowest BCUT2D eigenvalue weighted by atomic mass is 9.96. The summed E-state index contributed by atoms with van der Waals surface area (Å²) >= 11 is 0. The Labute approximate surface area is 166 Å². The van der Waals surface area contributed by atoms with Crippen LogP contribution in [0.1, 0.15) is 44.6 Å². The van der Waals surface area contributed by atoms with Crippen molar-refractivity contribution in [1.29, 1.82) is 0 Å². The van der Waals surface area contributed by atoms with E-state index in [4.69, 9.17) is 14.5 Å². The SMILES string of the molecule is CCN1C(=O)/C(=C\c2ccc(N3CCOCC3)cc2)O/C1=N/C1CCCCC1. The van der Waals surface area contributed by atoms with Crippen LogP contribution in [0.15, 0.2) is 35.0 Å². The van der Waals surface area contributed by atoms with Gasteiger partial charge in [-0.25, -0.2) is 4.99 Å². The first-order chi connectivity index (χ1) is 13.7. The van der Waals surface area contributed by atoms with Crippen molar-refractivity contribution in [1.82, 2.24) is 4.90 Å². The van der Waals surface area contributed by atoms with E-state index in [2.05, 4.69) is 17.0 Å². The molecule has 150 valence electrons. The van der Waals surface area contributed by atoms with Crippen molar-refractivity contribution in [2.75, 3.05) is 37.7 Å². The summed E-state index contributed by atoms with van der Waals surface area (Å²) < 4.78 is 11.3. The summed E-state index contributed by atoms with van der Waals surface area (Å²) in [6, 6.07) is 8.98. The predicted octanol–water partition coefficient (Wildman–Crippen LogP) is 3.43. The number of hydrogen-bond donors (Lipinski definition) is 0. The van der Waals surface area contributed by atoms with Gasteiger partial charge in [0.2, 0.25) is 0 Å². The molecule has 2 heterocycles. The molecule has 2 saturated heterocycles. The molecule has 1 saturated carbocycles. The lowest BCUT2D eigenvalue weighted by molar-refractivity contribution is -0.122. The summed E-state index contributed by atoms with van der Waals surface area (Å²) in [6.45, 7) is 5.88. The number of amidine groups is 1. The van der Waals surface area contributed by atoms with Crippen molar-refractivity contribution < 1.29 is 14.3 Å². The molecule has 6 heteroatoms. The van der Waals surface area contributed by atoms with Crippen molar-refractivity contribution in [3.8, 4) is 0 Å². The molecule has 0 atom stereocenters. The molecule has 2 aliphatic heterocycles. The van der Waals surface area contributed by atoms with E-state index in [0.29, 0.717) is 18.3 Å². The van der Waals surface area contributed by atoms with Gasteiger partial charge in [-0.05, 0) is 43.5 Å². The van der Waals surface area contributed by atoms with Crippen LogP contribution in [-0.4, -0.2) is 55.7 Å². The summed E-state index contributed by atoms with van der Waals surface area (Å²) in [6.07, 6.45) is 7.68. The van der Waals surface area contributed by atoms with Gasteiger partial charge in [-0.3, -0.25) is 9.69 Å². The van der Waals surface area contributed by atoms with E-state index in [-0.39, 0.29) is 11.9 Å². The van der Waals surface area contributed by atoms with E-state index in [1.165, 1.54) is 24.9 Å². The Morgan fingerprint density at radius 1 is 1.11 bits per heavy atom. The van der Waals surface area contributed by atoms with Gasteiger partial charge in [0.25, 0.3) is 5.91 Å². The number of nitrogens with zero attached hydrogens (tertiary/aromatic N) is 3. The van der Waals surface area contributed by atoms with Crippen LogP contribution in [0, 0.1) is 0 Å². The highest BCUT2D eigenvalue weighted by Crippen LogP contribution is 2.25. The number of carbonyl (C=O) groups is 1. The average Bonchev–Trinajstić information content (AvgIpc) is 3.04. The maximum absolute atomic E-state index is 12.7. The van der Waals surface area contributed by atoms with E-state index in [1.54, 1.807) is 4.90 Å². The third kappa shape index (κ3) is 4.22. The van der Waals surface area contributed by atoms with Gasteiger partial charge in [0.1, 0.15) is 0 Å². The van der Waals surface area contributed by atoms with E-state index < -0.39 is 0 Å². The number of morpholine rings is 1. The Morgan fingerprint density at radius 3 is 2.50 bits per heavy atom. The minimum absolute atomic E-state index is 0.102. The Kier molecular flexibility index (Phi) is 5.95. The van der Waals surface area contributed by atoms with Gasteiger partial charge in [0, 0.05) is 25.3 Å². The Morgan fingerprint density at radius 2 is 1.82 bits per heavy atom. The van der Waals surface area contributed by atoms with Gasteiger partial charge in [-0.1, -0.05) is 31.4 Å². The summed E-state index contributed by atoms with van der Waals surface area (Å²) in [5.41, 5.74) is 2.13. The lowest BCUT2D eigenvalue weighted by Crippen LogP contribution is -2.36. The van der Waals surface area contributed by atoms with Crippen LogP contribution in [0.3, 0.4) is 0 Å². The molecule has 28 heavy (non-hydrogen) atoms. The smallest absolute Gasteiger partial charge is 0.300 e. The molecule has 1 amide bonds. The zero-order valence-corrected chi connectivity index (χ0v) is 16.6. The van der Waals surface area contributed by atoms with Gasteiger partial charge >= 0.3 is 6.02 Å². The number of hydrogen-bond acceptors (Lipinski definition) is 5. The standard InChI is InChI=1S/C22H29N3O3/c1-2-25-21(26)20(28-22(25)23-18-6-4-3-5-7-18)16-17-8-10-19(11-9-17)24-12-14-27-15-13-24/h8-11,16,18H,2-7,12-15H2,1H3/b20-16+,23-22+. The van der Waals surface area contributed by atoms with Gasteiger partial charge in [0.15, 0.2) is 5.76 Å². The van der Waals surface area contributed by atoms with Crippen molar-refractivity contribution in [2.24, 2.45) is 4.99 Å². The first-order valence-corrected chi connectivity index (χ1v) is 10.5. The first kappa shape index (κ1) is 19.0. The minimum Gasteiger partial charge on any atom is -0.420 e. The average molecular weight is 383 g/mol. The number of rotatable bonds is 4. The van der Waals surface area contributed by atoms with E-state index in [9.17, 15) is 4.79 Å². The van der Waals surface area contributed by atoms with E-state index >= 15 is 0 Å². The Bertz CT molecular complexity index is 745. The highest BCUT2D eigenvalue weighted by Gasteiger charge is 2.34. The molecule has 3 aliphatic rings. The van der Waals surface area contributed by atoms with Crippen molar-refractivity contribution in [3.05, 3.63) is 35.6 Å². The molecule has 4 rings (SSSR count). The lowest BCUT2D eigenvalue weighted by Gasteiger charge is -2.28. The van der Waals surface area contributed by atoms with Crippen LogP contribution in [0.2, 0.25) is 0 Å². The second-order valence-electron chi connectivity index (χ2n) is 7.55. The number of likely N-dealkylation sites (N-methyl/N-ethyl adjacent to an activating group) is 1. The molecule has 3 fully saturated rings. The van der Waals surface area contributed by atoms with Crippen LogP contribution in [0.5, 0.6) is 0 Å². The molecule has 0 spiro atoms. The fourth-order valence-corrected chi connectivity index (χ4v) is 4.00. The molecule has 0 unspecified atom stereocenters. The molecule has 0 aromatic heterocycles. The summed E-state index contributed by atoms with van der Waals surface area (Å²) in [5.74, 6) is 0.254. The van der Waals surface area contributed by atoms with Gasteiger partial charge in [-0.15, -0.1) is 0 Å². The fourth-order valence-electron chi connectivity index (χ4n) is 4.00. The van der Waals surface area contributed by atoms with Crippen LogP contribution in [0.4, 0.5) is 5.69 Å². The quantitative estimate of drug-likeness (QED) is 0.748. The van der Waals surface area contributed by atoms with Crippen LogP contribution in [-0.2, 0) is 14.3 Å². The number of ether oxygens (including phenoxy) is 2. The van der Waals surface area contributed by atoms with Gasteiger partial charge in [-0.2, -0.15) is 0 Å². The van der Waals surface area contributed by atoms with E-state index in [0.717, 1.165) is 44.7 Å². The number of carbonyl (C=O) groups excluding carboxylic acids is 1. The van der Waals surface area contributed by atoms with Crippen molar-refractivity contribution in [3.63, 3.8) is 0 Å². The molecule has 0 bridgehead atoms. The largest absolute Gasteiger partial charge is 0.420 e. The summed E-state index contributed by atoms with van der Waals surface area (Å²) in [4.78, 5) is 21.4. The number of benzene rings is 1. The number of amides is 1. The minimum atomic E-state index is -0.102. The molecular formula is C22H29N3O3. The summed E-state index contributed by atoms with van der Waals surface area (Å²) in [7, 11) is 0. The molecule has 0 radical (unpaired) electrons. The maximum Gasteiger partial charge on any atom is 0.300 e. The first-order valence-electron chi connectivity index (χ1n) is 10.5. The van der Waals surface area contributed by atoms with Gasteiger partial charge < -0.3 is 14.4 Å². The third-order valence-electron chi connectivity index (χ3n) is 5.64. The molecule has 1 aromatic carbocycles. The molecule has 0 N–H and O–H groups in total. The zero-order valence-electron chi connectivity index (χ0n) is 16.6. The molecule has 6 nitrogen and oxygen atoms in total. The second kappa shape index (κ2) is 8.78. The molecule has 1 aromatic rings. The third-order valence-corrected chi connectivity index (χ3v) is 5.64. The highest BCUT2D eigenvalue weighted by atomic mass is 16.5. The molecule has 1 aliphatic carbocycles. The Hall–Kier alpha value is -2.34.